The van der Waals surface area contributed by atoms with E-state index in [0.29, 0.717) is 31.5 Å². The molecular weight excluding hydrogens is 306 g/mol. The molecule has 1 saturated heterocycles. The van der Waals surface area contributed by atoms with Crippen LogP contribution in [0.25, 0.3) is 11.0 Å². The summed E-state index contributed by atoms with van der Waals surface area (Å²) in [5.41, 5.74) is 2.50. The molecule has 6 heteroatoms. The molecule has 2 aromatic rings. The van der Waals surface area contributed by atoms with Gasteiger partial charge in [-0.2, -0.15) is 0 Å². The van der Waals surface area contributed by atoms with Gasteiger partial charge >= 0.3 is 5.97 Å². The summed E-state index contributed by atoms with van der Waals surface area (Å²) in [4.78, 5) is 30.5. The molecular formula is C18H23N3O3. The Labute approximate surface area is 141 Å². The average molecular weight is 329 g/mol. The number of benzene rings is 1. The van der Waals surface area contributed by atoms with E-state index in [-0.39, 0.29) is 17.7 Å². The fourth-order valence-electron chi connectivity index (χ4n) is 3.55. The summed E-state index contributed by atoms with van der Waals surface area (Å²) in [5, 5.41) is 9.12. The molecule has 0 amide bonds. The fourth-order valence-corrected chi connectivity index (χ4v) is 3.55. The third-order valence-electron chi connectivity index (χ3n) is 5.02. The van der Waals surface area contributed by atoms with Crippen LogP contribution in [0.1, 0.15) is 36.5 Å². The van der Waals surface area contributed by atoms with E-state index < -0.39 is 5.97 Å². The van der Waals surface area contributed by atoms with Crippen LogP contribution in [0.4, 0.5) is 0 Å². The van der Waals surface area contributed by atoms with E-state index in [0.717, 1.165) is 17.5 Å². The molecule has 24 heavy (non-hydrogen) atoms. The van der Waals surface area contributed by atoms with Crippen molar-refractivity contribution in [1.29, 1.82) is 0 Å². The molecule has 3 rings (SSSR count). The molecule has 0 bridgehead atoms. The van der Waals surface area contributed by atoms with Crippen LogP contribution in [-0.2, 0) is 11.8 Å². The summed E-state index contributed by atoms with van der Waals surface area (Å²) in [6, 6.07) is 5.45. The Hall–Kier alpha value is -2.21. The molecule has 6 nitrogen and oxygen atoms in total. The van der Waals surface area contributed by atoms with Crippen molar-refractivity contribution >= 4 is 22.8 Å². The topological polar surface area (TPSA) is 75.4 Å². The second-order valence-electron chi connectivity index (χ2n) is 6.50. The van der Waals surface area contributed by atoms with Crippen LogP contribution in [0.5, 0.6) is 0 Å². The Morgan fingerprint density at radius 2 is 2.04 bits per heavy atom. The molecule has 0 radical (unpaired) electrons. The summed E-state index contributed by atoms with van der Waals surface area (Å²) in [6.07, 6.45) is 3.68. The molecule has 1 atom stereocenters. The Morgan fingerprint density at radius 1 is 1.33 bits per heavy atom. The highest BCUT2D eigenvalue weighted by atomic mass is 16.4. The van der Waals surface area contributed by atoms with Gasteiger partial charge in [0, 0.05) is 12.6 Å². The number of hydrogen-bond acceptors (Lipinski definition) is 4. The Balaban J connectivity index is 1.77. The Kier molecular flexibility index (Phi) is 4.66. The maximum absolute atomic E-state index is 12.9. The predicted octanol–water partition coefficient (Wildman–Crippen LogP) is 2.33. The standard InChI is InChI=1S/C18H23N3O3/c1-3-15(21-8-6-12(7-9-21)18(23)24)17(22)13-4-5-16-14(10-13)19-11-20(16)2/h4-5,10-12,15H,3,6-9H2,1-2H3,(H,23,24). The SMILES string of the molecule is CCC(C(=O)c1ccc2c(c1)ncn2C)N1CCC(C(=O)O)CC1. The van der Waals surface area contributed by atoms with E-state index in [9.17, 15) is 9.59 Å². The number of aliphatic carboxylic acids is 1. The second kappa shape index (κ2) is 6.73. The lowest BCUT2D eigenvalue weighted by Gasteiger charge is -2.35. The number of carbonyl (C=O) groups excluding carboxylic acids is 1. The number of ketones is 1. The molecule has 2 heterocycles. The molecule has 1 N–H and O–H groups in total. The van der Waals surface area contributed by atoms with Gasteiger partial charge in [-0.15, -0.1) is 0 Å². The number of hydrogen-bond donors (Lipinski definition) is 1. The zero-order valence-electron chi connectivity index (χ0n) is 14.1. The highest BCUT2D eigenvalue weighted by Crippen LogP contribution is 2.23. The quantitative estimate of drug-likeness (QED) is 0.852. The molecule has 0 saturated carbocycles. The van der Waals surface area contributed by atoms with Crippen molar-refractivity contribution in [2.24, 2.45) is 13.0 Å². The van der Waals surface area contributed by atoms with E-state index in [2.05, 4.69) is 9.88 Å². The fraction of sp³-hybridized carbons (Fsp3) is 0.500. The van der Waals surface area contributed by atoms with Crippen LogP contribution in [-0.4, -0.2) is 50.4 Å². The minimum absolute atomic E-state index is 0.0961. The number of carboxylic acid groups (broad SMARTS) is 1. The van der Waals surface area contributed by atoms with E-state index >= 15 is 0 Å². The number of nitrogens with zero attached hydrogens (tertiary/aromatic N) is 3. The molecule has 1 aromatic heterocycles. The van der Waals surface area contributed by atoms with Crippen LogP contribution in [0.3, 0.4) is 0 Å². The number of imidazole rings is 1. The third-order valence-corrected chi connectivity index (χ3v) is 5.02. The Bertz CT molecular complexity index is 760. The number of fused-ring (bicyclic) bond motifs is 1. The summed E-state index contributed by atoms with van der Waals surface area (Å²) >= 11 is 0. The smallest absolute Gasteiger partial charge is 0.306 e. The predicted molar refractivity (Wildman–Crippen MR) is 91.1 cm³/mol. The number of piperidine rings is 1. The first-order chi connectivity index (χ1) is 11.5. The lowest BCUT2D eigenvalue weighted by Crippen LogP contribution is -2.46. The summed E-state index contributed by atoms with van der Waals surface area (Å²) in [7, 11) is 1.93. The minimum atomic E-state index is -0.727. The molecule has 0 aliphatic carbocycles. The number of likely N-dealkylation sites (tertiary alicyclic amines) is 1. The number of aromatic nitrogens is 2. The van der Waals surface area contributed by atoms with Gasteiger partial charge in [0.05, 0.1) is 29.3 Å². The third kappa shape index (κ3) is 3.06. The number of rotatable bonds is 5. The van der Waals surface area contributed by atoms with E-state index in [1.54, 1.807) is 6.33 Å². The first-order valence-corrected chi connectivity index (χ1v) is 8.43. The highest BCUT2D eigenvalue weighted by molar-refractivity contribution is 6.02. The normalized spacial score (nSPS) is 17.9. The number of carboxylic acids is 1. The lowest BCUT2D eigenvalue weighted by atomic mass is 9.93. The maximum atomic E-state index is 12.9. The van der Waals surface area contributed by atoms with Crippen molar-refractivity contribution < 1.29 is 14.7 Å². The minimum Gasteiger partial charge on any atom is -0.481 e. The Morgan fingerprint density at radius 3 is 2.67 bits per heavy atom. The van der Waals surface area contributed by atoms with Gasteiger partial charge in [0.15, 0.2) is 5.78 Å². The molecule has 1 aliphatic rings. The van der Waals surface area contributed by atoms with Gasteiger partial charge in [-0.25, -0.2) is 4.98 Å². The summed E-state index contributed by atoms with van der Waals surface area (Å²) in [6.45, 7) is 3.32. The van der Waals surface area contributed by atoms with E-state index in [4.69, 9.17) is 5.11 Å². The molecule has 1 fully saturated rings. The first kappa shape index (κ1) is 16.6. The monoisotopic (exact) mass is 329 g/mol. The molecule has 0 spiro atoms. The van der Waals surface area contributed by atoms with Crippen molar-refractivity contribution in [3.8, 4) is 0 Å². The van der Waals surface area contributed by atoms with E-state index in [1.807, 2.05) is 36.7 Å². The molecule has 1 aliphatic heterocycles. The highest BCUT2D eigenvalue weighted by Gasteiger charge is 2.31. The van der Waals surface area contributed by atoms with Gasteiger partial charge in [-0.05, 0) is 50.6 Å². The van der Waals surface area contributed by atoms with Gasteiger partial charge in [0.25, 0.3) is 0 Å². The van der Waals surface area contributed by atoms with E-state index in [1.165, 1.54) is 0 Å². The van der Waals surface area contributed by atoms with Crippen LogP contribution in [0.2, 0.25) is 0 Å². The molecule has 1 aromatic carbocycles. The summed E-state index contributed by atoms with van der Waals surface area (Å²) in [5.74, 6) is -0.910. The van der Waals surface area contributed by atoms with Crippen molar-refractivity contribution in [3.05, 3.63) is 30.1 Å². The second-order valence-corrected chi connectivity index (χ2v) is 6.50. The first-order valence-electron chi connectivity index (χ1n) is 8.43. The molecule has 128 valence electrons. The van der Waals surface area contributed by atoms with Crippen molar-refractivity contribution in [2.75, 3.05) is 13.1 Å². The van der Waals surface area contributed by atoms with Crippen LogP contribution in [0.15, 0.2) is 24.5 Å². The average Bonchev–Trinajstić information content (AvgIpc) is 2.96. The zero-order valence-corrected chi connectivity index (χ0v) is 14.1. The number of carbonyl (C=O) groups is 2. The van der Waals surface area contributed by atoms with Crippen LogP contribution >= 0.6 is 0 Å². The van der Waals surface area contributed by atoms with Crippen molar-refractivity contribution in [2.45, 2.75) is 32.2 Å². The van der Waals surface area contributed by atoms with Gasteiger partial charge in [-0.3, -0.25) is 14.5 Å². The molecule has 1 unspecified atom stereocenters. The van der Waals surface area contributed by atoms with Crippen LogP contribution in [0, 0.1) is 5.92 Å². The number of Topliss-reactive ketones (excluding diaryl/α,β-unsaturated/α-hetero) is 1. The summed E-state index contributed by atoms with van der Waals surface area (Å²) < 4.78 is 1.93. The maximum Gasteiger partial charge on any atom is 0.306 e. The lowest BCUT2D eigenvalue weighted by molar-refractivity contribution is -0.143. The zero-order chi connectivity index (χ0) is 17.3. The largest absolute Gasteiger partial charge is 0.481 e. The van der Waals surface area contributed by atoms with Crippen molar-refractivity contribution in [1.82, 2.24) is 14.5 Å². The van der Waals surface area contributed by atoms with Gasteiger partial charge < -0.3 is 9.67 Å². The van der Waals surface area contributed by atoms with Gasteiger partial charge in [-0.1, -0.05) is 6.92 Å². The van der Waals surface area contributed by atoms with Crippen LogP contribution < -0.4 is 0 Å². The van der Waals surface area contributed by atoms with Gasteiger partial charge in [0.1, 0.15) is 0 Å². The van der Waals surface area contributed by atoms with Gasteiger partial charge in [0.2, 0.25) is 0 Å². The van der Waals surface area contributed by atoms with Crippen molar-refractivity contribution in [3.63, 3.8) is 0 Å². The number of aryl methyl sites for hydroxylation is 1.